The van der Waals surface area contributed by atoms with Gasteiger partial charge in [0.05, 0.1) is 7.11 Å². The van der Waals surface area contributed by atoms with Crippen molar-refractivity contribution in [2.45, 2.75) is 38.7 Å². The second-order valence-electron chi connectivity index (χ2n) is 6.49. The van der Waals surface area contributed by atoms with Gasteiger partial charge in [-0.15, -0.1) is 0 Å². The monoisotopic (exact) mass is 355 g/mol. The number of aryl methyl sites for hydroxylation is 2. The minimum atomic E-state index is 0.106. The van der Waals surface area contributed by atoms with Gasteiger partial charge in [-0.3, -0.25) is 4.79 Å². The van der Waals surface area contributed by atoms with Crippen molar-refractivity contribution in [3.05, 3.63) is 47.9 Å². The average Bonchev–Trinajstić information content (AvgIpc) is 2.67. The molecule has 6 nitrogen and oxygen atoms in total. The van der Waals surface area contributed by atoms with E-state index in [1.54, 1.807) is 19.4 Å². The summed E-state index contributed by atoms with van der Waals surface area (Å²) in [5.74, 6) is 2.36. The summed E-state index contributed by atoms with van der Waals surface area (Å²) in [4.78, 5) is 22.7. The summed E-state index contributed by atoms with van der Waals surface area (Å²) in [5, 5.41) is 0. The number of rotatable bonds is 6. The summed E-state index contributed by atoms with van der Waals surface area (Å²) in [6.07, 6.45) is 4.75. The van der Waals surface area contributed by atoms with E-state index in [4.69, 9.17) is 9.47 Å². The Kier molecular flexibility index (Phi) is 6.04. The van der Waals surface area contributed by atoms with E-state index >= 15 is 0 Å². The summed E-state index contributed by atoms with van der Waals surface area (Å²) in [6, 6.07) is 9.65. The molecule has 0 saturated carbocycles. The van der Waals surface area contributed by atoms with Crippen LogP contribution in [-0.4, -0.2) is 47.1 Å². The Balaban J connectivity index is 1.42. The summed E-state index contributed by atoms with van der Waals surface area (Å²) < 4.78 is 11.1. The predicted octanol–water partition coefficient (Wildman–Crippen LogP) is 2.80. The molecule has 0 unspecified atom stereocenters. The number of methoxy groups -OCH3 is 1. The minimum absolute atomic E-state index is 0.106. The van der Waals surface area contributed by atoms with E-state index in [0.29, 0.717) is 18.1 Å². The molecule has 138 valence electrons. The molecule has 0 radical (unpaired) electrons. The highest BCUT2D eigenvalue weighted by molar-refractivity contribution is 5.76. The van der Waals surface area contributed by atoms with Crippen LogP contribution >= 0.6 is 0 Å². The summed E-state index contributed by atoms with van der Waals surface area (Å²) >= 11 is 0. The summed E-state index contributed by atoms with van der Waals surface area (Å²) in [5.41, 5.74) is 1.15. The molecule has 1 aliphatic rings. The molecule has 0 atom stereocenters. The van der Waals surface area contributed by atoms with Crippen LogP contribution in [0.3, 0.4) is 0 Å². The van der Waals surface area contributed by atoms with Gasteiger partial charge in [0.2, 0.25) is 11.8 Å². The predicted molar refractivity (Wildman–Crippen MR) is 98.3 cm³/mol. The zero-order valence-corrected chi connectivity index (χ0v) is 15.4. The Morgan fingerprint density at radius 1 is 1.19 bits per heavy atom. The highest BCUT2D eigenvalue weighted by Gasteiger charge is 2.24. The van der Waals surface area contributed by atoms with Crippen LogP contribution in [0.25, 0.3) is 0 Å². The number of ether oxygens (including phenoxy) is 2. The standard InChI is InChI=1S/C20H25N3O3/c1-15-21-12-9-19(22-15)26-18-10-13-23(14-11-18)20(24)8-5-16-3-6-17(25-2)7-4-16/h3-4,6-7,9,12,18H,5,8,10-11,13-14H2,1-2H3. The van der Waals surface area contributed by atoms with Crippen LogP contribution in [0.4, 0.5) is 0 Å². The number of carbonyl (C=O) groups excluding carboxylic acids is 1. The number of nitrogens with zero attached hydrogens (tertiary/aromatic N) is 3. The van der Waals surface area contributed by atoms with Gasteiger partial charge in [-0.2, -0.15) is 4.98 Å². The number of benzene rings is 1. The number of likely N-dealkylation sites (tertiary alicyclic amines) is 1. The highest BCUT2D eigenvalue weighted by Crippen LogP contribution is 2.18. The van der Waals surface area contributed by atoms with Gasteiger partial charge in [0.1, 0.15) is 17.7 Å². The average molecular weight is 355 g/mol. The lowest BCUT2D eigenvalue weighted by Gasteiger charge is -2.32. The molecule has 26 heavy (non-hydrogen) atoms. The maximum atomic E-state index is 12.4. The van der Waals surface area contributed by atoms with E-state index in [1.165, 1.54) is 0 Å². The third-order valence-corrected chi connectivity index (χ3v) is 4.62. The van der Waals surface area contributed by atoms with Crippen molar-refractivity contribution in [1.29, 1.82) is 0 Å². The fourth-order valence-electron chi connectivity index (χ4n) is 3.10. The molecule has 1 amide bonds. The normalized spacial score (nSPS) is 14.9. The van der Waals surface area contributed by atoms with Gasteiger partial charge in [0.25, 0.3) is 0 Å². The van der Waals surface area contributed by atoms with Crippen LogP contribution in [0.2, 0.25) is 0 Å². The number of piperidine rings is 1. The molecule has 0 N–H and O–H groups in total. The Morgan fingerprint density at radius 3 is 2.58 bits per heavy atom. The van der Waals surface area contributed by atoms with Crippen LogP contribution in [0.15, 0.2) is 36.5 Å². The number of hydrogen-bond acceptors (Lipinski definition) is 5. The quantitative estimate of drug-likeness (QED) is 0.797. The second kappa shape index (κ2) is 8.65. The van der Waals surface area contributed by atoms with Crippen LogP contribution in [0, 0.1) is 6.92 Å². The lowest BCUT2D eigenvalue weighted by atomic mass is 10.1. The van der Waals surface area contributed by atoms with Crippen molar-refractivity contribution in [2.24, 2.45) is 0 Å². The summed E-state index contributed by atoms with van der Waals surface area (Å²) in [7, 11) is 1.65. The fourth-order valence-corrected chi connectivity index (χ4v) is 3.10. The SMILES string of the molecule is COc1ccc(CCC(=O)N2CCC(Oc3ccnc(C)n3)CC2)cc1. The van der Waals surface area contributed by atoms with Gasteiger partial charge in [0.15, 0.2) is 0 Å². The molecule has 0 spiro atoms. The molecule has 3 rings (SSSR count). The first-order chi connectivity index (χ1) is 12.6. The van der Waals surface area contributed by atoms with E-state index in [-0.39, 0.29) is 12.0 Å². The van der Waals surface area contributed by atoms with Crippen LogP contribution in [0.1, 0.15) is 30.7 Å². The number of amides is 1. The molecular formula is C20H25N3O3. The molecule has 1 aromatic carbocycles. The lowest BCUT2D eigenvalue weighted by Crippen LogP contribution is -2.41. The van der Waals surface area contributed by atoms with Crippen molar-refractivity contribution in [3.63, 3.8) is 0 Å². The maximum absolute atomic E-state index is 12.4. The molecule has 1 saturated heterocycles. The molecule has 1 aliphatic heterocycles. The fraction of sp³-hybridized carbons (Fsp3) is 0.450. The van der Waals surface area contributed by atoms with Gasteiger partial charge >= 0.3 is 0 Å². The molecule has 2 aromatic rings. The number of aromatic nitrogens is 2. The molecule has 0 bridgehead atoms. The first kappa shape index (κ1) is 18.2. The number of carbonyl (C=O) groups is 1. The zero-order valence-electron chi connectivity index (χ0n) is 15.4. The smallest absolute Gasteiger partial charge is 0.222 e. The first-order valence-electron chi connectivity index (χ1n) is 9.01. The Morgan fingerprint density at radius 2 is 1.92 bits per heavy atom. The molecule has 6 heteroatoms. The van der Waals surface area contributed by atoms with Crippen LogP contribution in [-0.2, 0) is 11.2 Å². The first-order valence-corrected chi connectivity index (χ1v) is 9.01. The van der Waals surface area contributed by atoms with Gasteiger partial charge in [-0.05, 0) is 31.0 Å². The van der Waals surface area contributed by atoms with E-state index in [1.807, 2.05) is 36.1 Å². The van der Waals surface area contributed by atoms with Gasteiger partial charge in [0, 0.05) is 44.6 Å². The minimum Gasteiger partial charge on any atom is -0.497 e. The lowest BCUT2D eigenvalue weighted by molar-refractivity contribution is -0.132. The Labute approximate surface area is 154 Å². The molecule has 0 aliphatic carbocycles. The molecular weight excluding hydrogens is 330 g/mol. The molecule has 2 heterocycles. The van der Waals surface area contributed by atoms with Gasteiger partial charge < -0.3 is 14.4 Å². The largest absolute Gasteiger partial charge is 0.497 e. The van der Waals surface area contributed by atoms with Crippen LogP contribution in [0.5, 0.6) is 11.6 Å². The third kappa shape index (κ3) is 4.94. The summed E-state index contributed by atoms with van der Waals surface area (Å²) in [6.45, 7) is 3.31. The van der Waals surface area contributed by atoms with E-state index in [2.05, 4.69) is 9.97 Å². The zero-order chi connectivity index (χ0) is 18.4. The van der Waals surface area contributed by atoms with Crippen molar-refractivity contribution >= 4 is 5.91 Å². The Bertz CT molecular complexity index is 725. The van der Waals surface area contributed by atoms with Gasteiger partial charge in [-0.25, -0.2) is 4.98 Å². The van der Waals surface area contributed by atoms with Crippen molar-refractivity contribution in [1.82, 2.24) is 14.9 Å². The van der Waals surface area contributed by atoms with E-state index in [0.717, 1.165) is 43.7 Å². The van der Waals surface area contributed by atoms with Gasteiger partial charge in [-0.1, -0.05) is 12.1 Å². The highest BCUT2D eigenvalue weighted by atomic mass is 16.5. The number of hydrogen-bond donors (Lipinski definition) is 0. The topological polar surface area (TPSA) is 64.5 Å². The maximum Gasteiger partial charge on any atom is 0.222 e. The third-order valence-electron chi connectivity index (χ3n) is 4.62. The second-order valence-corrected chi connectivity index (χ2v) is 6.49. The van der Waals surface area contributed by atoms with Crippen molar-refractivity contribution in [3.8, 4) is 11.6 Å². The van der Waals surface area contributed by atoms with E-state index < -0.39 is 0 Å². The Hall–Kier alpha value is -2.63. The van der Waals surface area contributed by atoms with Crippen LogP contribution < -0.4 is 9.47 Å². The van der Waals surface area contributed by atoms with Crippen molar-refractivity contribution in [2.75, 3.05) is 20.2 Å². The van der Waals surface area contributed by atoms with Crippen molar-refractivity contribution < 1.29 is 14.3 Å². The molecule has 1 fully saturated rings. The van der Waals surface area contributed by atoms with E-state index in [9.17, 15) is 4.79 Å². The molecule has 1 aromatic heterocycles.